The molecular weight excluding hydrogens is 419 g/mol. The summed E-state index contributed by atoms with van der Waals surface area (Å²) >= 11 is 11.8. The molecule has 0 aromatic carbocycles. The number of rotatable bonds is 2. The molecule has 4 heterocycles. The Morgan fingerprint density at radius 2 is 1.62 bits per heavy atom. The van der Waals surface area contributed by atoms with E-state index in [1.54, 1.807) is 11.0 Å². The van der Waals surface area contributed by atoms with E-state index in [9.17, 15) is 14.4 Å². The molecule has 11 heteroatoms. The standard InChI is InChI=1S/C18H16Cl2N6O3/c1-24-13-6-10(19)7-23-15(13)26(18(29)17(24)28)12-2-4-25(5-3-12)16(27)14-21-8-11(20)9-22-14/h6-9,12H,2-5H2,1H3. The van der Waals surface area contributed by atoms with Crippen LogP contribution in [-0.2, 0) is 7.05 Å². The maximum atomic E-state index is 12.7. The van der Waals surface area contributed by atoms with Crippen LogP contribution in [0.4, 0.5) is 0 Å². The smallest absolute Gasteiger partial charge is 0.318 e. The first-order chi connectivity index (χ1) is 13.9. The number of amides is 1. The Bertz CT molecular complexity index is 1210. The highest BCUT2D eigenvalue weighted by Gasteiger charge is 2.28. The van der Waals surface area contributed by atoms with Gasteiger partial charge in [-0.1, -0.05) is 23.2 Å². The Morgan fingerprint density at radius 1 is 1.00 bits per heavy atom. The summed E-state index contributed by atoms with van der Waals surface area (Å²) in [6.45, 7) is 0.790. The normalized spacial score (nSPS) is 15.1. The van der Waals surface area contributed by atoms with Crippen LogP contribution in [0.3, 0.4) is 0 Å². The van der Waals surface area contributed by atoms with Crippen LogP contribution in [0.5, 0.6) is 0 Å². The van der Waals surface area contributed by atoms with Gasteiger partial charge in [-0.25, -0.2) is 15.0 Å². The molecule has 1 aliphatic heterocycles. The predicted octanol–water partition coefficient (Wildman–Crippen LogP) is 1.67. The number of fused-ring (bicyclic) bond motifs is 1. The molecule has 4 rings (SSSR count). The largest absolute Gasteiger partial charge is 0.336 e. The molecule has 0 radical (unpaired) electrons. The van der Waals surface area contributed by atoms with Gasteiger partial charge in [0.25, 0.3) is 5.91 Å². The highest BCUT2D eigenvalue weighted by molar-refractivity contribution is 6.31. The van der Waals surface area contributed by atoms with Crippen LogP contribution in [0.15, 0.2) is 34.2 Å². The SMILES string of the molecule is Cn1c(=O)c(=O)n(C2CCN(C(=O)c3ncc(Cl)cn3)CC2)c2ncc(Cl)cc21. The first-order valence-corrected chi connectivity index (χ1v) is 9.66. The van der Waals surface area contributed by atoms with Crippen LogP contribution < -0.4 is 11.1 Å². The summed E-state index contributed by atoms with van der Waals surface area (Å²) in [5.41, 5.74) is -0.405. The molecule has 9 nitrogen and oxygen atoms in total. The van der Waals surface area contributed by atoms with Gasteiger partial charge in [0.1, 0.15) is 0 Å². The molecule has 0 unspecified atom stereocenters. The third kappa shape index (κ3) is 3.51. The van der Waals surface area contributed by atoms with E-state index in [4.69, 9.17) is 23.2 Å². The second-order valence-corrected chi connectivity index (χ2v) is 7.66. The number of hydrogen-bond acceptors (Lipinski definition) is 6. The monoisotopic (exact) mass is 434 g/mol. The molecule has 29 heavy (non-hydrogen) atoms. The van der Waals surface area contributed by atoms with Gasteiger partial charge in [0.2, 0.25) is 5.82 Å². The molecule has 0 atom stereocenters. The fraction of sp³-hybridized carbons (Fsp3) is 0.333. The fourth-order valence-corrected chi connectivity index (χ4v) is 3.79. The summed E-state index contributed by atoms with van der Waals surface area (Å²) in [5.74, 6) is -0.230. The Kier molecular flexibility index (Phi) is 5.10. The quantitative estimate of drug-likeness (QED) is 0.568. The van der Waals surface area contributed by atoms with Gasteiger partial charge in [0.15, 0.2) is 5.65 Å². The van der Waals surface area contributed by atoms with Crippen molar-refractivity contribution in [3.8, 4) is 0 Å². The van der Waals surface area contributed by atoms with Gasteiger partial charge in [-0.3, -0.25) is 19.0 Å². The van der Waals surface area contributed by atoms with Crippen LogP contribution in [0.25, 0.3) is 11.2 Å². The molecule has 1 saturated heterocycles. The van der Waals surface area contributed by atoms with Crippen molar-refractivity contribution in [1.82, 2.24) is 29.0 Å². The van der Waals surface area contributed by atoms with Crippen molar-refractivity contribution >= 4 is 40.3 Å². The minimum absolute atomic E-state index is 0.0698. The molecule has 0 saturated carbocycles. The van der Waals surface area contributed by atoms with Crippen LogP contribution in [0, 0.1) is 0 Å². The van der Waals surface area contributed by atoms with Crippen molar-refractivity contribution in [3.63, 3.8) is 0 Å². The lowest BCUT2D eigenvalue weighted by molar-refractivity contribution is 0.0682. The minimum Gasteiger partial charge on any atom is -0.336 e. The van der Waals surface area contributed by atoms with Crippen LogP contribution in [0.1, 0.15) is 29.5 Å². The third-order valence-corrected chi connectivity index (χ3v) is 5.44. The summed E-state index contributed by atoms with van der Waals surface area (Å²) in [4.78, 5) is 51.5. The van der Waals surface area contributed by atoms with E-state index in [0.29, 0.717) is 47.1 Å². The molecular formula is C18H16Cl2N6O3. The summed E-state index contributed by atoms with van der Waals surface area (Å²) in [5, 5.41) is 0.728. The molecule has 0 aliphatic carbocycles. The molecule has 1 aliphatic rings. The third-order valence-electron chi connectivity index (χ3n) is 5.04. The van der Waals surface area contributed by atoms with Gasteiger partial charge in [-0.05, 0) is 18.9 Å². The molecule has 1 amide bonds. The van der Waals surface area contributed by atoms with Crippen LogP contribution in [-0.4, -0.2) is 48.0 Å². The number of pyridine rings is 1. The first kappa shape index (κ1) is 19.5. The van der Waals surface area contributed by atoms with Crippen molar-refractivity contribution in [2.24, 2.45) is 7.05 Å². The predicted molar refractivity (Wildman–Crippen MR) is 107 cm³/mol. The summed E-state index contributed by atoms with van der Waals surface area (Å²) in [7, 11) is 1.52. The molecule has 3 aromatic heterocycles. The number of halogens is 2. The maximum Gasteiger partial charge on any atom is 0.318 e. The topological polar surface area (TPSA) is 103 Å². The molecule has 0 N–H and O–H groups in total. The Labute approximate surface area is 174 Å². The van der Waals surface area contributed by atoms with E-state index >= 15 is 0 Å². The average molecular weight is 435 g/mol. The van der Waals surface area contributed by atoms with Crippen molar-refractivity contribution < 1.29 is 4.79 Å². The van der Waals surface area contributed by atoms with E-state index in [1.807, 2.05) is 0 Å². The number of carbonyl (C=O) groups excluding carboxylic acids is 1. The van der Waals surface area contributed by atoms with Gasteiger partial charge in [-0.2, -0.15) is 0 Å². The zero-order valence-electron chi connectivity index (χ0n) is 15.4. The summed E-state index contributed by atoms with van der Waals surface area (Å²) in [6.07, 6.45) is 5.17. The van der Waals surface area contributed by atoms with Crippen molar-refractivity contribution in [1.29, 1.82) is 0 Å². The lowest BCUT2D eigenvalue weighted by Gasteiger charge is -2.32. The van der Waals surface area contributed by atoms with E-state index < -0.39 is 11.1 Å². The fourth-order valence-electron chi connectivity index (χ4n) is 3.54. The van der Waals surface area contributed by atoms with Crippen LogP contribution >= 0.6 is 23.2 Å². The second kappa shape index (κ2) is 7.57. The molecule has 0 bridgehead atoms. The Hall–Kier alpha value is -2.78. The van der Waals surface area contributed by atoms with Crippen molar-refractivity contribution in [2.75, 3.05) is 13.1 Å². The number of likely N-dealkylation sites (tertiary alicyclic amines) is 1. The number of carbonyl (C=O) groups is 1. The van der Waals surface area contributed by atoms with Gasteiger partial charge >= 0.3 is 11.1 Å². The van der Waals surface area contributed by atoms with Gasteiger partial charge in [0, 0.05) is 44.8 Å². The van der Waals surface area contributed by atoms with Gasteiger partial charge < -0.3 is 9.47 Å². The van der Waals surface area contributed by atoms with Crippen molar-refractivity contribution in [3.05, 3.63) is 61.2 Å². The van der Waals surface area contributed by atoms with E-state index in [-0.39, 0.29) is 17.8 Å². The number of aryl methyl sites for hydroxylation is 1. The molecule has 1 fully saturated rings. The zero-order chi connectivity index (χ0) is 20.7. The summed E-state index contributed by atoms with van der Waals surface area (Å²) in [6, 6.07) is 1.35. The first-order valence-electron chi connectivity index (χ1n) is 8.90. The minimum atomic E-state index is -0.644. The molecule has 150 valence electrons. The number of hydrogen-bond donors (Lipinski definition) is 0. The zero-order valence-corrected chi connectivity index (χ0v) is 16.9. The van der Waals surface area contributed by atoms with Crippen LogP contribution in [0.2, 0.25) is 10.0 Å². The second-order valence-electron chi connectivity index (χ2n) is 6.78. The summed E-state index contributed by atoms with van der Waals surface area (Å²) < 4.78 is 2.68. The maximum absolute atomic E-state index is 12.7. The van der Waals surface area contributed by atoms with Gasteiger partial charge in [0.05, 0.1) is 15.6 Å². The average Bonchev–Trinajstić information content (AvgIpc) is 2.73. The lowest BCUT2D eigenvalue weighted by atomic mass is 10.0. The lowest BCUT2D eigenvalue weighted by Crippen LogP contribution is -2.46. The Balaban J connectivity index is 1.63. The number of piperidine rings is 1. The van der Waals surface area contributed by atoms with Gasteiger partial charge in [-0.15, -0.1) is 0 Å². The Morgan fingerprint density at radius 3 is 2.28 bits per heavy atom. The molecule has 3 aromatic rings. The van der Waals surface area contributed by atoms with E-state index in [2.05, 4.69) is 15.0 Å². The molecule has 0 spiro atoms. The highest BCUT2D eigenvalue weighted by atomic mass is 35.5. The highest BCUT2D eigenvalue weighted by Crippen LogP contribution is 2.25. The van der Waals surface area contributed by atoms with Crippen molar-refractivity contribution in [2.45, 2.75) is 18.9 Å². The number of aromatic nitrogens is 5. The van der Waals surface area contributed by atoms with E-state index in [0.717, 1.165) is 0 Å². The number of nitrogens with zero attached hydrogens (tertiary/aromatic N) is 6. The van der Waals surface area contributed by atoms with E-state index in [1.165, 1.54) is 34.8 Å².